The number of hydrogen-bond donors (Lipinski definition) is 1. The lowest BCUT2D eigenvalue weighted by molar-refractivity contribution is 0.611. The van der Waals surface area contributed by atoms with E-state index in [0.717, 1.165) is 7.48 Å². The molecule has 45 valence electrons. The van der Waals surface area contributed by atoms with Crippen LogP contribution in [0.25, 0.3) is 0 Å². The van der Waals surface area contributed by atoms with E-state index >= 15 is 0 Å². The molecule has 9 heavy (non-hydrogen) atoms. The van der Waals surface area contributed by atoms with Crippen LogP contribution in [0.15, 0.2) is 24.3 Å². The third-order valence-corrected chi connectivity index (χ3v) is 0.998. The Morgan fingerprint density at radius 2 is 2.22 bits per heavy atom. The molecule has 1 aromatic rings. The lowest BCUT2D eigenvalue weighted by Gasteiger charge is -1.90. The van der Waals surface area contributed by atoms with E-state index in [1.807, 2.05) is 0 Å². The number of halogens is 1. The van der Waals surface area contributed by atoms with Crippen LogP contribution in [0.3, 0.4) is 0 Å². The first-order valence-corrected chi connectivity index (χ1v) is 2.56. The molecular weight excluding hydrogens is 118 g/mol. The van der Waals surface area contributed by atoms with E-state index in [1.165, 1.54) is 18.2 Å². The third kappa shape index (κ3) is 1.54. The average Bonchev–Trinajstić information content (AvgIpc) is 1.88. The Hall–Kier alpha value is -0.825. The van der Waals surface area contributed by atoms with Gasteiger partial charge in [0.2, 0.25) is 0 Å². The van der Waals surface area contributed by atoms with E-state index in [4.69, 9.17) is 5.02 Å². The van der Waals surface area contributed by atoms with Crippen LogP contribution in [0.4, 0.5) is 4.39 Å². The fourth-order valence-corrected chi connectivity index (χ4v) is 0.587. The second kappa shape index (κ2) is 2.64. The highest BCUT2D eigenvalue weighted by atomic mass is 19.1. The van der Waals surface area contributed by atoms with Gasteiger partial charge in [0, 0.05) is 0 Å². The molecule has 0 amide bonds. The summed E-state index contributed by atoms with van der Waals surface area (Å²) in [7, 11) is 0.864. The van der Waals surface area contributed by atoms with Gasteiger partial charge in [-0.2, -0.15) is 0 Å². The van der Waals surface area contributed by atoms with Crippen LogP contribution < -0.4 is 5.46 Å². The fraction of sp³-hybridized carbons (Fsp3) is 0. The summed E-state index contributed by atoms with van der Waals surface area (Å²) >= 11 is 0. The molecule has 0 aliphatic heterocycles. The highest BCUT2D eigenvalue weighted by Crippen LogP contribution is 1.90. The summed E-state index contributed by atoms with van der Waals surface area (Å²) in [5, 5.41) is 8.37. The maximum absolute atomic E-state index is 12.2. The molecule has 1 aromatic carbocycles. The monoisotopic (exact) mass is 123 g/mol. The summed E-state index contributed by atoms with van der Waals surface area (Å²) in [4.78, 5) is 0. The van der Waals surface area contributed by atoms with Gasteiger partial charge in [-0.05, 0) is 12.1 Å². The second-order valence-electron chi connectivity index (χ2n) is 1.68. The highest BCUT2D eigenvalue weighted by Gasteiger charge is 1.92. The first-order chi connectivity index (χ1) is 4.33. The van der Waals surface area contributed by atoms with Crippen LogP contribution in [-0.4, -0.2) is 12.5 Å². The van der Waals surface area contributed by atoms with E-state index in [2.05, 4.69) is 0 Å². The van der Waals surface area contributed by atoms with Crippen LogP contribution in [0, 0.1) is 5.82 Å². The minimum Gasteiger partial charge on any atom is -0.450 e. The lowest BCUT2D eigenvalue weighted by atomic mass is 9.89. The molecule has 0 fully saturated rings. The molecular formula is C6H5BFO. The van der Waals surface area contributed by atoms with Gasteiger partial charge in [-0.1, -0.05) is 17.6 Å². The van der Waals surface area contributed by atoms with E-state index in [-0.39, 0.29) is 5.82 Å². The van der Waals surface area contributed by atoms with Crippen molar-refractivity contribution in [2.45, 2.75) is 0 Å². The Bertz CT molecular complexity index is 202. The predicted molar refractivity (Wildman–Crippen MR) is 34.0 cm³/mol. The molecule has 0 aromatic heterocycles. The summed E-state index contributed by atoms with van der Waals surface area (Å²) in [6.07, 6.45) is 0. The molecule has 1 N–H and O–H groups in total. The quantitative estimate of drug-likeness (QED) is 0.523. The molecule has 1 radical (unpaired) electrons. The molecule has 3 heteroatoms. The highest BCUT2D eigenvalue weighted by molar-refractivity contribution is 6.45. The summed E-state index contributed by atoms with van der Waals surface area (Å²) in [6, 6.07) is 5.73. The molecule has 1 nitrogen and oxygen atoms in total. The number of hydrogen-bond acceptors (Lipinski definition) is 1. The van der Waals surface area contributed by atoms with Crippen LogP contribution >= 0.6 is 0 Å². The largest absolute Gasteiger partial charge is 0.450 e. The maximum Gasteiger partial charge on any atom is 0.326 e. The molecule has 0 saturated carbocycles. The standard InChI is InChI=1S/C6H5BFO/c8-6-3-1-2-5(4-6)7-9/h1-4,9H. The first-order valence-electron chi connectivity index (χ1n) is 2.56. The van der Waals surface area contributed by atoms with Gasteiger partial charge >= 0.3 is 7.48 Å². The smallest absolute Gasteiger partial charge is 0.326 e. The SMILES string of the molecule is O[B]c1cccc(F)c1. The normalized spacial score (nSPS) is 9.11. The van der Waals surface area contributed by atoms with Crippen LogP contribution in [0.2, 0.25) is 0 Å². The zero-order valence-corrected chi connectivity index (χ0v) is 4.71. The van der Waals surface area contributed by atoms with E-state index < -0.39 is 0 Å². The van der Waals surface area contributed by atoms with Crippen molar-refractivity contribution in [2.75, 3.05) is 0 Å². The molecule has 0 aliphatic rings. The van der Waals surface area contributed by atoms with Crippen molar-refractivity contribution in [1.29, 1.82) is 0 Å². The summed E-state index contributed by atoms with van der Waals surface area (Å²) < 4.78 is 12.2. The second-order valence-corrected chi connectivity index (χ2v) is 1.68. The molecule has 1 rings (SSSR count). The fourth-order valence-electron chi connectivity index (χ4n) is 0.587. The number of rotatable bonds is 1. The molecule has 0 unspecified atom stereocenters. The van der Waals surface area contributed by atoms with Gasteiger partial charge in [-0.3, -0.25) is 0 Å². The van der Waals surface area contributed by atoms with Gasteiger partial charge in [-0.15, -0.1) is 0 Å². The van der Waals surface area contributed by atoms with Crippen LogP contribution in [0.5, 0.6) is 0 Å². The lowest BCUT2D eigenvalue weighted by Crippen LogP contribution is -2.12. The van der Waals surface area contributed by atoms with Gasteiger partial charge in [0.05, 0.1) is 0 Å². The summed E-state index contributed by atoms with van der Waals surface area (Å²) in [5.74, 6) is -0.335. The first kappa shape index (κ1) is 6.30. The van der Waals surface area contributed by atoms with Gasteiger partial charge in [-0.25, -0.2) is 4.39 Å². The Morgan fingerprint density at radius 3 is 2.67 bits per heavy atom. The average molecular weight is 123 g/mol. The zero-order chi connectivity index (χ0) is 6.69. The number of benzene rings is 1. The van der Waals surface area contributed by atoms with E-state index in [9.17, 15) is 4.39 Å². The third-order valence-electron chi connectivity index (χ3n) is 0.998. The van der Waals surface area contributed by atoms with E-state index in [0.29, 0.717) is 5.46 Å². The molecule has 0 atom stereocenters. The Morgan fingerprint density at radius 1 is 1.44 bits per heavy atom. The Kier molecular flexibility index (Phi) is 1.85. The van der Waals surface area contributed by atoms with Crippen molar-refractivity contribution in [3.8, 4) is 0 Å². The van der Waals surface area contributed by atoms with Crippen molar-refractivity contribution in [1.82, 2.24) is 0 Å². The van der Waals surface area contributed by atoms with Crippen molar-refractivity contribution in [3.05, 3.63) is 30.1 Å². The van der Waals surface area contributed by atoms with Gasteiger partial charge in [0.15, 0.2) is 0 Å². The van der Waals surface area contributed by atoms with E-state index in [1.54, 1.807) is 6.07 Å². The topological polar surface area (TPSA) is 20.2 Å². The molecule has 0 bridgehead atoms. The summed E-state index contributed by atoms with van der Waals surface area (Å²) in [5.41, 5.74) is 0.481. The summed E-state index contributed by atoms with van der Waals surface area (Å²) in [6.45, 7) is 0. The molecule has 0 saturated heterocycles. The minimum absolute atomic E-state index is 0.335. The van der Waals surface area contributed by atoms with Crippen LogP contribution in [-0.2, 0) is 0 Å². The Balaban J connectivity index is 2.94. The van der Waals surface area contributed by atoms with Gasteiger partial charge in [0.1, 0.15) is 5.82 Å². The molecule has 0 aliphatic carbocycles. The molecule has 0 heterocycles. The van der Waals surface area contributed by atoms with Crippen molar-refractivity contribution < 1.29 is 9.41 Å². The van der Waals surface area contributed by atoms with Crippen LogP contribution in [0.1, 0.15) is 0 Å². The van der Waals surface area contributed by atoms with Gasteiger partial charge in [0.25, 0.3) is 0 Å². The van der Waals surface area contributed by atoms with Crippen molar-refractivity contribution in [3.63, 3.8) is 0 Å². The zero-order valence-electron chi connectivity index (χ0n) is 4.71. The Labute approximate surface area is 53.4 Å². The maximum atomic E-state index is 12.2. The molecule has 0 spiro atoms. The minimum atomic E-state index is -0.335. The predicted octanol–water partition coefficient (Wildman–Crippen LogP) is 0.0625. The van der Waals surface area contributed by atoms with Crippen molar-refractivity contribution >= 4 is 12.9 Å². The van der Waals surface area contributed by atoms with Crippen molar-refractivity contribution in [2.24, 2.45) is 0 Å². The van der Waals surface area contributed by atoms with Gasteiger partial charge < -0.3 is 5.02 Å².